The quantitative estimate of drug-likeness (QED) is 0.846. The molecule has 1 aromatic heterocycles. The van der Waals surface area contributed by atoms with E-state index in [4.69, 9.17) is 0 Å². The highest BCUT2D eigenvalue weighted by Gasteiger charge is 2.18. The van der Waals surface area contributed by atoms with E-state index in [-0.39, 0.29) is 11.1 Å². The zero-order valence-electron chi connectivity index (χ0n) is 11.4. The van der Waals surface area contributed by atoms with Crippen molar-refractivity contribution in [1.82, 2.24) is 4.98 Å². The van der Waals surface area contributed by atoms with Crippen molar-refractivity contribution in [2.24, 2.45) is 0 Å². The van der Waals surface area contributed by atoms with E-state index in [0.29, 0.717) is 6.54 Å². The summed E-state index contributed by atoms with van der Waals surface area (Å²) in [6.45, 7) is 6.48. The van der Waals surface area contributed by atoms with Crippen LogP contribution in [0.25, 0.3) is 0 Å². The van der Waals surface area contributed by atoms with E-state index < -0.39 is 17.5 Å². The van der Waals surface area contributed by atoms with E-state index in [1.807, 2.05) is 0 Å². The van der Waals surface area contributed by atoms with Crippen molar-refractivity contribution in [2.75, 3.05) is 5.32 Å². The van der Waals surface area contributed by atoms with Crippen LogP contribution in [0.15, 0.2) is 18.3 Å². The average molecular weight is 300 g/mol. The normalized spacial score (nSPS) is 11.7. The number of nitrogens with one attached hydrogen (secondary N) is 1. The van der Waals surface area contributed by atoms with Crippen molar-refractivity contribution < 1.29 is 13.2 Å². The maximum absolute atomic E-state index is 13.5. The highest BCUT2D eigenvalue weighted by atomic mass is 32.1. The van der Waals surface area contributed by atoms with Gasteiger partial charge in [0.15, 0.2) is 17.5 Å². The number of aromatic nitrogens is 1. The molecule has 1 heterocycles. The van der Waals surface area contributed by atoms with Crippen molar-refractivity contribution in [3.05, 3.63) is 45.7 Å². The third-order valence-corrected chi connectivity index (χ3v) is 4.11. The molecule has 0 aliphatic heterocycles. The van der Waals surface area contributed by atoms with Gasteiger partial charge in [-0.15, -0.1) is 11.3 Å². The fourth-order valence-corrected chi connectivity index (χ4v) is 2.49. The number of rotatable bonds is 3. The van der Waals surface area contributed by atoms with E-state index in [9.17, 15) is 13.2 Å². The van der Waals surface area contributed by atoms with Gasteiger partial charge in [0.05, 0.1) is 17.2 Å². The minimum atomic E-state index is -1.46. The van der Waals surface area contributed by atoms with Gasteiger partial charge in [-0.3, -0.25) is 0 Å². The van der Waals surface area contributed by atoms with Crippen LogP contribution in [-0.2, 0) is 12.0 Å². The highest BCUT2D eigenvalue weighted by molar-refractivity contribution is 7.11. The number of benzene rings is 1. The molecular formula is C14H15F3N2S. The van der Waals surface area contributed by atoms with Crippen molar-refractivity contribution in [3.8, 4) is 0 Å². The molecule has 0 radical (unpaired) electrons. The minimum absolute atomic E-state index is 0.0455. The van der Waals surface area contributed by atoms with Crippen LogP contribution >= 0.6 is 11.3 Å². The molecule has 20 heavy (non-hydrogen) atoms. The molecule has 0 aliphatic carbocycles. The Morgan fingerprint density at radius 2 is 1.85 bits per heavy atom. The second-order valence-electron chi connectivity index (χ2n) is 5.46. The Bertz CT molecular complexity index is 617. The molecule has 2 rings (SSSR count). The summed E-state index contributed by atoms with van der Waals surface area (Å²) < 4.78 is 39.4. The fraction of sp³-hybridized carbons (Fsp3) is 0.357. The number of hydrogen-bond donors (Lipinski definition) is 1. The molecule has 0 saturated carbocycles. The third kappa shape index (κ3) is 3.12. The molecule has 0 amide bonds. The van der Waals surface area contributed by atoms with Gasteiger partial charge in [-0.05, 0) is 12.1 Å². The predicted octanol–water partition coefficient (Wildman–Crippen LogP) is 4.47. The number of hydrogen-bond acceptors (Lipinski definition) is 3. The number of nitrogens with zero attached hydrogens (tertiary/aromatic N) is 1. The SMILES string of the molecule is CC(C)(C)c1ncc(CNc2ccc(F)c(F)c2F)s1. The summed E-state index contributed by atoms with van der Waals surface area (Å²) in [7, 11) is 0. The standard InChI is InChI=1S/C14H15F3N2S/c1-14(2,3)13-19-7-8(20-13)6-18-10-5-4-9(15)11(16)12(10)17/h4-5,7,18H,6H2,1-3H3. The van der Waals surface area contributed by atoms with E-state index >= 15 is 0 Å². The van der Waals surface area contributed by atoms with Crippen LogP contribution in [-0.4, -0.2) is 4.98 Å². The largest absolute Gasteiger partial charge is 0.378 e. The van der Waals surface area contributed by atoms with E-state index in [1.54, 1.807) is 6.20 Å². The zero-order valence-corrected chi connectivity index (χ0v) is 12.2. The molecule has 0 spiro atoms. The fourth-order valence-electron chi connectivity index (χ4n) is 1.58. The summed E-state index contributed by atoms with van der Waals surface area (Å²) in [5, 5.41) is 3.72. The van der Waals surface area contributed by atoms with Gasteiger partial charge in [-0.25, -0.2) is 18.2 Å². The predicted molar refractivity (Wildman–Crippen MR) is 74.5 cm³/mol. The first-order chi connectivity index (χ1) is 9.29. The van der Waals surface area contributed by atoms with Crippen LogP contribution in [0, 0.1) is 17.5 Å². The first-order valence-corrected chi connectivity index (χ1v) is 6.93. The lowest BCUT2D eigenvalue weighted by atomic mass is 9.98. The Morgan fingerprint density at radius 3 is 2.45 bits per heavy atom. The van der Waals surface area contributed by atoms with Crippen LogP contribution in [0.4, 0.5) is 18.9 Å². The summed E-state index contributed by atoms with van der Waals surface area (Å²) >= 11 is 1.51. The smallest absolute Gasteiger partial charge is 0.196 e. The van der Waals surface area contributed by atoms with Gasteiger partial charge in [-0.2, -0.15) is 0 Å². The van der Waals surface area contributed by atoms with E-state index in [0.717, 1.165) is 16.0 Å². The molecule has 2 aromatic rings. The van der Waals surface area contributed by atoms with Gasteiger partial charge in [0.25, 0.3) is 0 Å². The third-order valence-electron chi connectivity index (χ3n) is 2.68. The molecular weight excluding hydrogens is 285 g/mol. The molecule has 2 nitrogen and oxygen atoms in total. The van der Waals surface area contributed by atoms with Gasteiger partial charge in [0.1, 0.15) is 0 Å². The topological polar surface area (TPSA) is 24.9 Å². The lowest BCUT2D eigenvalue weighted by Crippen LogP contribution is -2.09. The van der Waals surface area contributed by atoms with Gasteiger partial charge in [0, 0.05) is 16.5 Å². The van der Waals surface area contributed by atoms with Gasteiger partial charge in [0.2, 0.25) is 0 Å². The van der Waals surface area contributed by atoms with Crippen LogP contribution < -0.4 is 5.32 Å². The lowest BCUT2D eigenvalue weighted by Gasteiger charge is -2.13. The van der Waals surface area contributed by atoms with E-state index in [2.05, 4.69) is 31.1 Å². The van der Waals surface area contributed by atoms with Gasteiger partial charge in [-0.1, -0.05) is 20.8 Å². The first kappa shape index (κ1) is 14.8. The molecule has 0 unspecified atom stereocenters. The summed E-state index contributed by atoms with van der Waals surface area (Å²) in [6, 6.07) is 2.08. The van der Waals surface area contributed by atoms with Crippen LogP contribution in [0.1, 0.15) is 30.7 Å². The number of halogens is 3. The second-order valence-corrected chi connectivity index (χ2v) is 6.57. The summed E-state index contributed by atoms with van der Waals surface area (Å²) in [5.41, 5.74) is -0.106. The Morgan fingerprint density at radius 1 is 1.15 bits per heavy atom. The molecule has 1 N–H and O–H groups in total. The molecule has 0 aliphatic rings. The van der Waals surface area contributed by atoms with Crippen LogP contribution in [0.5, 0.6) is 0 Å². The number of anilines is 1. The molecule has 0 atom stereocenters. The number of thiazole rings is 1. The molecule has 6 heteroatoms. The Balaban J connectivity index is 2.10. The van der Waals surface area contributed by atoms with Crippen LogP contribution in [0.3, 0.4) is 0 Å². The minimum Gasteiger partial charge on any atom is -0.378 e. The molecule has 108 valence electrons. The highest BCUT2D eigenvalue weighted by Crippen LogP contribution is 2.27. The molecule has 1 aromatic carbocycles. The maximum Gasteiger partial charge on any atom is 0.196 e. The monoisotopic (exact) mass is 300 g/mol. The summed E-state index contributed by atoms with van der Waals surface area (Å²) in [5.74, 6) is -3.86. The van der Waals surface area contributed by atoms with Crippen molar-refractivity contribution in [2.45, 2.75) is 32.7 Å². The van der Waals surface area contributed by atoms with Crippen molar-refractivity contribution in [3.63, 3.8) is 0 Å². The van der Waals surface area contributed by atoms with Gasteiger partial charge < -0.3 is 5.32 Å². The first-order valence-electron chi connectivity index (χ1n) is 6.11. The summed E-state index contributed by atoms with van der Waals surface area (Å²) in [6.07, 6.45) is 1.70. The van der Waals surface area contributed by atoms with Crippen LogP contribution in [0.2, 0.25) is 0 Å². The van der Waals surface area contributed by atoms with Crippen molar-refractivity contribution >= 4 is 17.0 Å². The van der Waals surface area contributed by atoms with E-state index in [1.165, 1.54) is 17.4 Å². The zero-order chi connectivity index (χ0) is 14.9. The Labute approximate surface area is 119 Å². The Kier molecular flexibility index (Phi) is 4.04. The van der Waals surface area contributed by atoms with Crippen molar-refractivity contribution in [1.29, 1.82) is 0 Å². The molecule has 0 saturated heterocycles. The van der Waals surface area contributed by atoms with Gasteiger partial charge >= 0.3 is 0 Å². The Hall–Kier alpha value is -1.56. The molecule has 0 fully saturated rings. The maximum atomic E-state index is 13.5. The second kappa shape index (κ2) is 5.44. The average Bonchev–Trinajstić information content (AvgIpc) is 2.84. The lowest BCUT2D eigenvalue weighted by molar-refractivity contribution is 0.449. The summed E-state index contributed by atoms with van der Waals surface area (Å²) in [4.78, 5) is 5.21. The molecule has 0 bridgehead atoms.